The van der Waals surface area contributed by atoms with E-state index in [2.05, 4.69) is 0 Å². The van der Waals surface area contributed by atoms with Gasteiger partial charge in [-0.25, -0.2) is 4.79 Å². The number of thioether (sulfide) groups is 1. The molecule has 0 amide bonds. The van der Waals surface area contributed by atoms with Crippen LogP contribution in [0.2, 0.25) is 10.0 Å². The van der Waals surface area contributed by atoms with Gasteiger partial charge < -0.3 is 22.6 Å². The Kier molecular flexibility index (Phi) is 5.74. The van der Waals surface area contributed by atoms with Crippen molar-refractivity contribution in [3.8, 4) is 22.8 Å². The molecule has 1 aromatic heterocycles. The molecule has 0 aliphatic carbocycles. The summed E-state index contributed by atoms with van der Waals surface area (Å²) in [5.41, 5.74) is 2.01. The van der Waals surface area contributed by atoms with Crippen LogP contribution in [0.1, 0.15) is 10.4 Å². The molecule has 0 atom stereocenters. The van der Waals surface area contributed by atoms with Crippen LogP contribution in [0, 0.1) is 0 Å². The second kappa shape index (κ2) is 7.73. The molecule has 0 saturated carbocycles. The largest absolute Gasteiger partial charge is 1.00 e. The summed E-state index contributed by atoms with van der Waals surface area (Å²) in [6.07, 6.45) is 1.74. The first kappa shape index (κ1) is 20.0. The zero-order chi connectivity index (χ0) is 18.4. The molecule has 2 N–H and O–H groups in total. The molecule has 27 heavy (non-hydrogen) atoms. The highest BCUT2D eigenvalue weighted by Gasteiger charge is 2.41. The average Bonchev–Trinajstić information content (AvgIpc) is 3.14. The fourth-order valence-electron chi connectivity index (χ4n) is 2.55. The average molecular weight is 459 g/mol. The van der Waals surface area contributed by atoms with Crippen LogP contribution < -0.4 is 17.0 Å². The lowest BCUT2D eigenvalue weighted by Crippen LogP contribution is -3.00. The summed E-state index contributed by atoms with van der Waals surface area (Å²) in [7, 11) is 0. The van der Waals surface area contributed by atoms with Crippen LogP contribution in [0.5, 0.6) is 11.5 Å². The van der Waals surface area contributed by atoms with Crippen molar-refractivity contribution in [1.29, 1.82) is 0 Å². The van der Waals surface area contributed by atoms with Crippen LogP contribution in [-0.4, -0.2) is 16.1 Å². The van der Waals surface area contributed by atoms with E-state index in [0.717, 1.165) is 4.34 Å². The zero-order valence-electron chi connectivity index (χ0n) is 13.3. The van der Waals surface area contributed by atoms with Crippen LogP contribution >= 0.6 is 46.3 Å². The molecular formula is C18H10Cl3NO3S2. The number of aromatic hydroxyl groups is 2. The smallest absolute Gasteiger partial charge is 0.433 e. The van der Waals surface area contributed by atoms with E-state index in [4.69, 9.17) is 23.2 Å². The Bertz CT molecular complexity index is 1100. The van der Waals surface area contributed by atoms with Crippen molar-refractivity contribution in [3.63, 3.8) is 0 Å². The van der Waals surface area contributed by atoms with Crippen LogP contribution in [0.4, 0.5) is 0 Å². The van der Waals surface area contributed by atoms with Gasteiger partial charge in [-0.05, 0) is 42.0 Å². The Balaban J connectivity index is 0.00000210. The van der Waals surface area contributed by atoms with Crippen LogP contribution in [0.25, 0.3) is 17.3 Å². The second-order valence-corrected chi connectivity index (χ2v) is 8.50. The number of carbonyl (C=O) groups excluding carboxylic acids is 1. The van der Waals surface area contributed by atoms with Gasteiger partial charge in [0.2, 0.25) is 5.69 Å². The van der Waals surface area contributed by atoms with Gasteiger partial charge in [-0.1, -0.05) is 40.6 Å². The molecule has 1 aliphatic rings. The number of rotatable bonds is 2. The third-order valence-electron chi connectivity index (χ3n) is 3.83. The van der Waals surface area contributed by atoms with E-state index in [1.807, 2.05) is 5.38 Å². The Morgan fingerprint density at radius 3 is 2.52 bits per heavy atom. The van der Waals surface area contributed by atoms with Crippen molar-refractivity contribution in [2.24, 2.45) is 0 Å². The summed E-state index contributed by atoms with van der Waals surface area (Å²) in [4.78, 5) is 13.4. The third-order valence-corrected chi connectivity index (χ3v) is 6.52. The molecule has 138 valence electrons. The minimum absolute atomic E-state index is 0. The highest BCUT2D eigenvalue weighted by molar-refractivity contribution is 8.05. The maximum Gasteiger partial charge on any atom is 0.433 e. The maximum absolute atomic E-state index is 12.9. The van der Waals surface area contributed by atoms with Gasteiger partial charge in [0.05, 0.1) is 10.9 Å². The fourth-order valence-corrected chi connectivity index (χ4v) is 5.19. The number of halogens is 3. The quantitative estimate of drug-likeness (QED) is 0.351. The monoisotopic (exact) mass is 457 g/mol. The standard InChI is InChI=1S/C18H9Cl2NO3S2.ClH/c19-11-3-1-9(12(20)7-11)6-16-17(24)21-13(8-25-18(21)26-16)10-2-4-14(22)15(23)5-10;/h1-8H,(H-,22,23);1H/b16-6+;. The maximum atomic E-state index is 12.9. The van der Waals surface area contributed by atoms with E-state index in [9.17, 15) is 15.0 Å². The molecule has 3 aromatic rings. The Morgan fingerprint density at radius 1 is 1.04 bits per heavy atom. The second-order valence-electron chi connectivity index (χ2n) is 5.51. The first-order valence-corrected chi connectivity index (χ1v) is 9.84. The number of phenols is 2. The molecule has 0 bridgehead atoms. The Morgan fingerprint density at radius 2 is 1.81 bits per heavy atom. The zero-order valence-corrected chi connectivity index (χ0v) is 17.2. The number of nitrogens with zero attached hydrogens (tertiary/aromatic N) is 1. The SMILES string of the molecule is O=C1/C(=C\c2ccc(Cl)cc2Cl)Sc2scc(-c3ccc(O)c(O)c3)[n+]21.[Cl-]. The molecular weight excluding hydrogens is 449 g/mol. The number of benzene rings is 2. The lowest BCUT2D eigenvalue weighted by molar-refractivity contribution is -0.588. The van der Waals surface area contributed by atoms with E-state index in [1.54, 1.807) is 34.9 Å². The summed E-state index contributed by atoms with van der Waals surface area (Å²) >= 11 is 14.9. The fraction of sp³-hybridized carbons (Fsp3) is 0. The molecule has 4 rings (SSSR count). The molecule has 0 radical (unpaired) electrons. The molecule has 0 saturated heterocycles. The number of fused-ring (bicyclic) bond motifs is 1. The molecule has 0 fully saturated rings. The summed E-state index contributed by atoms with van der Waals surface area (Å²) in [6.45, 7) is 0. The van der Waals surface area contributed by atoms with E-state index in [-0.39, 0.29) is 29.8 Å². The van der Waals surface area contributed by atoms with Gasteiger partial charge in [0.1, 0.15) is 4.91 Å². The number of allylic oxidation sites excluding steroid dienone is 1. The first-order chi connectivity index (χ1) is 12.4. The highest BCUT2D eigenvalue weighted by Crippen LogP contribution is 2.39. The third kappa shape index (κ3) is 3.68. The Hall–Kier alpha value is -1.70. The van der Waals surface area contributed by atoms with Crippen molar-refractivity contribution in [3.05, 3.63) is 62.3 Å². The highest BCUT2D eigenvalue weighted by atomic mass is 35.5. The van der Waals surface area contributed by atoms with Crippen molar-refractivity contribution in [2.75, 3.05) is 0 Å². The minimum Gasteiger partial charge on any atom is -1.00 e. The number of hydrogen-bond acceptors (Lipinski definition) is 5. The topological polar surface area (TPSA) is 61.4 Å². The van der Waals surface area contributed by atoms with Crippen molar-refractivity contribution in [2.45, 2.75) is 4.34 Å². The number of phenolic OH excluding ortho intramolecular Hbond substituents is 2. The number of thiazole rings is 1. The summed E-state index contributed by atoms with van der Waals surface area (Å²) in [5.74, 6) is -0.603. The molecule has 9 heteroatoms. The number of hydrogen-bond donors (Lipinski definition) is 2. The lowest BCUT2D eigenvalue weighted by atomic mass is 10.1. The molecule has 2 heterocycles. The van der Waals surface area contributed by atoms with Gasteiger partial charge in [0.25, 0.3) is 0 Å². The molecule has 1 aliphatic heterocycles. The number of carbonyl (C=O) groups is 1. The van der Waals surface area contributed by atoms with Crippen LogP contribution in [-0.2, 0) is 0 Å². The van der Waals surface area contributed by atoms with E-state index in [1.165, 1.54) is 35.2 Å². The van der Waals surface area contributed by atoms with Crippen molar-refractivity contribution in [1.82, 2.24) is 0 Å². The van der Waals surface area contributed by atoms with Gasteiger partial charge in [-0.3, -0.25) is 0 Å². The Labute approximate surface area is 179 Å². The molecule has 2 aromatic carbocycles. The number of aromatic nitrogens is 1. The van der Waals surface area contributed by atoms with Gasteiger partial charge >= 0.3 is 10.2 Å². The van der Waals surface area contributed by atoms with Gasteiger partial charge in [-0.15, -0.1) is 4.57 Å². The normalized spacial score (nSPS) is 14.3. The summed E-state index contributed by atoms with van der Waals surface area (Å²) in [5, 5.41) is 22.1. The van der Waals surface area contributed by atoms with Crippen molar-refractivity contribution >= 4 is 58.3 Å². The predicted molar refractivity (Wildman–Crippen MR) is 104 cm³/mol. The van der Waals surface area contributed by atoms with Gasteiger partial charge in [0, 0.05) is 21.8 Å². The van der Waals surface area contributed by atoms with E-state index in [0.29, 0.717) is 31.8 Å². The first-order valence-electron chi connectivity index (χ1n) is 7.39. The van der Waals surface area contributed by atoms with Crippen LogP contribution in [0.3, 0.4) is 0 Å². The van der Waals surface area contributed by atoms with Crippen molar-refractivity contribution < 1.29 is 32.0 Å². The van der Waals surface area contributed by atoms with E-state index >= 15 is 0 Å². The summed E-state index contributed by atoms with van der Waals surface area (Å²) < 4.78 is 2.41. The molecule has 4 nitrogen and oxygen atoms in total. The molecule has 0 unspecified atom stereocenters. The molecule has 0 spiro atoms. The van der Waals surface area contributed by atoms with Gasteiger partial charge in [-0.2, -0.15) is 0 Å². The van der Waals surface area contributed by atoms with E-state index < -0.39 is 0 Å². The minimum atomic E-state index is -0.232. The summed E-state index contributed by atoms with van der Waals surface area (Å²) in [6, 6.07) is 9.60. The van der Waals surface area contributed by atoms with Crippen LogP contribution in [0.15, 0.2) is 51.0 Å². The predicted octanol–water partition coefficient (Wildman–Crippen LogP) is 2.21. The van der Waals surface area contributed by atoms with Gasteiger partial charge in [0.15, 0.2) is 11.5 Å². The lowest BCUT2D eigenvalue weighted by Gasteiger charge is -2.00.